The van der Waals surface area contributed by atoms with Crippen molar-refractivity contribution in [2.24, 2.45) is 5.10 Å². The second-order valence-corrected chi connectivity index (χ2v) is 5.38. The van der Waals surface area contributed by atoms with Crippen molar-refractivity contribution in [3.63, 3.8) is 0 Å². The van der Waals surface area contributed by atoms with Crippen LogP contribution in [0.4, 0.5) is 23.7 Å². The Balaban J connectivity index is 1.69. The molecular weight excluding hydrogens is 355 g/mol. The van der Waals surface area contributed by atoms with Gasteiger partial charge in [0.2, 0.25) is 0 Å². The number of hydrazone groups is 1. The minimum absolute atomic E-state index is 0.152. The summed E-state index contributed by atoms with van der Waals surface area (Å²) >= 11 is 1.01. The predicted molar refractivity (Wildman–Crippen MR) is 88.6 cm³/mol. The van der Waals surface area contributed by atoms with Crippen LogP contribution in [0.3, 0.4) is 0 Å². The van der Waals surface area contributed by atoms with Crippen molar-refractivity contribution in [3.8, 4) is 0 Å². The van der Waals surface area contributed by atoms with Gasteiger partial charge in [-0.05, 0) is 18.2 Å². The summed E-state index contributed by atoms with van der Waals surface area (Å²) < 4.78 is 46.7. The van der Waals surface area contributed by atoms with E-state index in [1.54, 1.807) is 18.2 Å². The molecule has 6 nitrogen and oxygen atoms in total. The number of aromatic nitrogens is 2. The maximum absolute atomic E-state index is 12.9. The number of carbonyl (C=O) groups is 1. The number of hydrogen-bond acceptors (Lipinski definition) is 5. The molecule has 128 valence electrons. The number of benzene rings is 2. The minimum Gasteiger partial charge on any atom is -0.304 e. The maximum atomic E-state index is 12.9. The first-order chi connectivity index (χ1) is 11.9. The van der Waals surface area contributed by atoms with Crippen LogP contribution >= 0.6 is 11.7 Å². The molecule has 0 fully saturated rings. The quantitative estimate of drug-likeness (QED) is 0.546. The third-order valence-electron chi connectivity index (χ3n) is 3.17. The van der Waals surface area contributed by atoms with E-state index < -0.39 is 17.8 Å². The van der Waals surface area contributed by atoms with Crippen molar-refractivity contribution in [1.82, 2.24) is 14.2 Å². The zero-order valence-corrected chi connectivity index (χ0v) is 13.2. The van der Waals surface area contributed by atoms with Gasteiger partial charge in [0.25, 0.3) is 0 Å². The van der Waals surface area contributed by atoms with Crippen LogP contribution in [-0.4, -0.2) is 21.0 Å². The van der Waals surface area contributed by atoms with Crippen molar-refractivity contribution in [3.05, 3.63) is 53.6 Å². The monoisotopic (exact) mass is 365 g/mol. The standard InChI is InChI=1S/C15H10F3N5OS/c16-15(17,18)10-5-2-1-4-9(10)8-19-21-14(24)20-11-6-3-7-12-13(11)23-25-22-12/h1-8H,(H2,20,21,24)/b19-8+. The molecule has 0 bridgehead atoms. The van der Waals surface area contributed by atoms with Crippen LogP contribution in [0.1, 0.15) is 11.1 Å². The highest BCUT2D eigenvalue weighted by molar-refractivity contribution is 7.00. The third-order valence-corrected chi connectivity index (χ3v) is 3.71. The fourth-order valence-electron chi connectivity index (χ4n) is 2.09. The number of nitrogens with one attached hydrogen (secondary N) is 2. The Morgan fingerprint density at radius 1 is 1.12 bits per heavy atom. The molecule has 0 radical (unpaired) electrons. The number of hydrogen-bond donors (Lipinski definition) is 2. The van der Waals surface area contributed by atoms with E-state index in [-0.39, 0.29) is 5.56 Å². The van der Waals surface area contributed by atoms with Crippen molar-refractivity contribution in [2.75, 3.05) is 5.32 Å². The number of alkyl halides is 3. The molecule has 0 aliphatic rings. The van der Waals surface area contributed by atoms with E-state index in [2.05, 4.69) is 24.6 Å². The van der Waals surface area contributed by atoms with E-state index >= 15 is 0 Å². The second-order valence-electron chi connectivity index (χ2n) is 4.85. The van der Waals surface area contributed by atoms with Crippen LogP contribution in [0.5, 0.6) is 0 Å². The molecule has 1 aromatic heterocycles. The number of nitrogens with zero attached hydrogens (tertiary/aromatic N) is 3. The molecule has 25 heavy (non-hydrogen) atoms. The largest absolute Gasteiger partial charge is 0.417 e. The molecular formula is C15H10F3N5OS. The Kier molecular flexibility index (Phi) is 4.61. The lowest BCUT2D eigenvalue weighted by Crippen LogP contribution is -2.24. The highest BCUT2D eigenvalue weighted by atomic mass is 32.1. The Bertz CT molecular complexity index is 938. The van der Waals surface area contributed by atoms with Gasteiger partial charge in [0.05, 0.1) is 29.2 Å². The average Bonchev–Trinajstić information content (AvgIpc) is 3.04. The first-order valence-electron chi connectivity index (χ1n) is 6.93. The zero-order valence-electron chi connectivity index (χ0n) is 12.4. The lowest BCUT2D eigenvalue weighted by molar-refractivity contribution is -0.137. The fraction of sp³-hybridized carbons (Fsp3) is 0.0667. The van der Waals surface area contributed by atoms with Gasteiger partial charge in [-0.25, -0.2) is 10.2 Å². The number of fused-ring (bicyclic) bond motifs is 1. The van der Waals surface area contributed by atoms with Crippen LogP contribution < -0.4 is 10.7 Å². The fourth-order valence-corrected chi connectivity index (χ4v) is 2.64. The average molecular weight is 365 g/mol. The lowest BCUT2D eigenvalue weighted by atomic mass is 10.1. The molecule has 2 amide bonds. The number of halogens is 3. The molecule has 2 N–H and O–H groups in total. The maximum Gasteiger partial charge on any atom is 0.417 e. The van der Waals surface area contributed by atoms with Gasteiger partial charge in [-0.2, -0.15) is 27.0 Å². The van der Waals surface area contributed by atoms with Crippen molar-refractivity contribution >= 4 is 40.7 Å². The van der Waals surface area contributed by atoms with Crippen LogP contribution in [0.15, 0.2) is 47.6 Å². The predicted octanol–water partition coefficient (Wildman–Crippen LogP) is 3.87. The molecule has 0 saturated carbocycles. The summed E-state index contributed by atoms with van der Waals surface area (Å²) in [7, 11) is 0. The van der Waals surface area contributed by atoms with Gasteiger partial charge in [0, 0.05) is 5.56 Å². The molecule has 0 unspecified atom stereocenters. The van der Waals surface area contributed by atoms with Crippen LogP contribution in [0.25, 0.3) is 11.0 Å². The van der Waals surface area contributed by atoms with Crippen molar-refractivity contribution < 1.29 is 18.0 Å². The molecule has 0 atom stereocenters. The normalized spacial score (nSPS) is 11.8. The lowest BCUT2D eigenvalue weighted by Gasteiger charge is -2.09. The molecule has 0 aliphatic carbocycles. The Morgan fingerprint density at radius 2 is 1.92 bits per heavy atom. The van der Waals surface area contributed by atoms with E-state index in [0.717, 1.165) is 24.0 Å². The Labute approximate surface area is 143 Å². The minimum atomic E-state index is -4.50. The summed E-state index contributed by atoms with van der Waals surface area (Å²) in [6.07, 6.45) is -3.56. The van der Waals surface area contributed by atoms with Crippen LogP contribution in [0, 0.1) is 0 Å². The summed E-state index contributed by atoms with van der Waals surface area (Å²) in [6, 6.07) is 9.30. The number of carbonyl (C=O) groups excluding carboxylic acids is 1. The van der Waals surface area contributed by atoms with Crippen LogP contribution in [-0.2, 0) is 6.18 Å². The summed E-state index contributed by atoms with van der Waals surface area (Å²) in [5.74, 6) is 0. The van der Waals surface area contributed by atoms with Gasteiger partial charge in [0.15, 0.2) is 0 Å². The first-order valence-corrected chi connectivity index (χ1v) is 7.66. The number of rotatable bonds is 3. The van der Waals surface area contributed by atoms with E-state index in [0.29, 0.717) is 16.7 Å². The SMILES string of the molecule is O=C(N/N=C/c1ccccc1C(F)(F)F)Nc1cccc2nsnc12. The van der Waals surface area contributed by atoms with Crippen molar-refractivity contribution in [1.29, 1.82) is 0 Å². The van der Waals surface area contributed by atoms with Gasteiger partial charge in [-0.1, -0.05) is 24.3 Å². The molecule has 0 saturated heterocycles. The molecule has 1 heterocycles. The summed E-state index contributed by atoms with van der Waals surface area (Å²) in [5, 5.41) is 6.08. The molecule has 0 aliphatic heterocycles. The Hall–Kier alpha value is -3.01. The van der Waals surface area contributed by atoms with Gasteiger partial charge >= 0.3 is 12.2 Å². The Morgan fingerprint density at radius 3 is 2.72 bits per heavy atom. The molecule has 3 aromatic rings. The highest BCUT2D eigenvalue weighted by Gasteiger charge is 2.32. The third kappa shape index (κ3) is 3.91. The van der Waals surface area contributed by atoms with E-state index in [9.17, 15) is 18.0 Å². The topological polar surface area (TPSA) is 79.3 Å². The van der Waals surface area contributed by atoms with E-state index in [4.69, 9.17) is 0 Å². The van der Waals surface area contributed by atoms with E-state index in [1.807, 2.05) is 0 Å². The number of urea groups is 1. The molecule has 3 rings (SSSR count). The smallest absolute Gasteiger partial charge is 0.304 e. The molecule has 10 heteroatoms. The van der Waals surface area contributed by atoms with Crippen LogP contribution in [0.2, 0.25) is 0 Å². The van der Waals surface area contributed by atoms with Gasteiger partial charge in [-0.3, -0.25) is 0 Å². The second kappa shape index (κ2) is 6.85. The number of amides is 2. The summed E-state index contributed by atoms with van der Waals surface area (Å²) in [6.45, 7) is 0. The summed E-state index contributed by atoms with van der Waals surface area (Å²) in [4.78, 5) is 11.8. The van der Waals surface area contributed by atoms with Crippen molar-refractivity contribution in [2.45, 2.75) is 6.18 Å². The first kappa shape index (κ1) is 16.8. The van der Waals surface area contributed by atoms with E-state index in [1.165, 1.54) is 18.2 Å². The summed E-state index contributed by atoms with van der Waals surface area (Å²) in [5.41, 5.74) is 2.71. The highest BCUT2D eigenvalue weighted by Crippen LogP contribution is 2.31. The van der Waals surface area contributed by atoms with Gasteiger partial charge in [-0.15, -0.1) is 0 Å². The van der Waals surface area contributed by atoms with Gasteiger partial charge in [0.1, 0.15) is 11.0 Å². The zero-order chi connectivity index (χ0) is 17.9. The van der Waals surface area contributed by atoms with Gasteiger partial charge < -0.3 is 5.32 Å². The molecule has 2 aromatic carbocycles. The number of anilines is 1. The molecule has 0 spiro atoms.